The molecule has 0 aromatic heterocycles. The zero-order chi connectivity index (χ0) is 10.8. The van der Waals surface area contributed by atoms with Crippen molar-refractivity contribution in [1.29, 1.82) is 0 Å². The van der Waals surface area contributed by atoms with Gasteiger partial charge >= 0.3 is 0 Å². The monoisotopic (exact) mass is 204 g/mol. The molecule has 2 heteroatoms. The molecule has 1 aliphatic carbocycles. The van der Waals surface area contributed by atoms with Gasteiger partial charge in [-0.1, -0.05) is 31.9 Å². The molecule has 1 saturated carbocycles. The third-order valence-electron chi connectivity index (χ3n) is 3.49. The van der Waals surface area contributed by atoms with Crippen molar-refractivity contribution in [1.82, 2.24) is 0 Å². The lowest BCUT2D eigenvalue weighted by molar-refractivity contribution is 0.112. The highest BCUT2D eigenvalue weighted by atomic mass is 16.3. The lowest BCUT2D eigenvalue weighted by atomic mass is 9.88. The number of rotatable bonds is 2. The van der Waals surface area contributed by atoms with Gasteiger partial charge in [-0.2, -0.15) is 0 Å². The van der Waals surface area contributed by atoms with E-state index in [1.54, 1.807) is 6.07 Å². The average molecular weight is 204 g/mol. The Kier molecular flexibility index (Phi) is 2.76. The molecule has 0 bridgehead atoms. The fraction of sp³-hybridized carbons (Fsp3) is 0.462. The molecule has 2 nitrogen and oxygen atoms in total. The van der Waals surface area contributed by atoms with Gasteiger partial charge in [-0.25, -0.2) is 0 Å². The van der Waals surface area contributed by atoms with Crippen LogP contribution in [0.4, 0.5) is 0 Å². The number of para-hydroxylation sites is 1. The van der Waals surface area contributed by atoms with Crippen LogP contribution in [0.25, 0.3) is 0 Å². The predicted octanol–water partition coefficient (Wildman–Crippen LogP) is 3.11. The minimum atomic E-state index is 0.186. The van der Waals surface area contributed by atoms with Crippen LogP contribution in [-0.2, 0) is 0 Å². The third-order valence-corrected chi connectivity index (χ3v) is 3.49. The molecule has 0 spiro atoms. The molecule has 2 rings (SSSR count). The van der Waals surface area contributed by atoms with E-state index < -0.39 is 0 Å². The molecule has 0 radical (unpaired) electrons. The Morgan fingerprint density at radius 3 is 2.80 bits per heavy atom. The second-order valence-corrected chi connectivity index (χ2v) is 4.42. The lowest BCUT2D eigenvalue weighted by Gasteiger charge is -2.17. The number of hydrogen-bond donors (Lipinski definition) is 1. The number of phenols is 1. The van der Waals surface area contributed by atoms with E-state index in [1.165, 1.54) is 12.8 Å². The Morgan fingerprint density at radius 2 is 2.20 bits per heavy atom. The van der Waals surface area contributed by atoms with Crippen molar-refractivity contribution >= 4 is 6.29 Å². The highest BCUT2D eigenvalue weighted by Crippen LogP contribution is 2.42. The van der Waals surface area contributed by atoms with Crippen LogP contribution in [0, 0.1) is 5.92 Å². The SMILES string of the molecule is CC1CCCC1c1cccc(C=O)c1O. The molecular weight excluding hydrogens is 188 g/mol. The summed E-state index contributed by atoms with van der Waals surface area (Å²) in [5, 5.41) is 9.94. The summed E-state index contributed by atoms with van der Waals surface area (Å²) >= 11 is 0. The highest BCUT2D eigenvalue weighted by molar-refractivity contribution is 5.80. The maximum absolute atomic E-state index is 10.7. The summed E-state index contributed by atoms with van der Waals surface area (Å²) in [7, 11) is 0. The van der Waals surface area contributed by atoms with E-state index in [9.17, 15) is 9.90 Å². The summed E-state index contributed by atoms with van der Waals surface area (Å²) in [5.41, 5.74) is 1.36. The van der Waals surface area contributed by atoms with E-state index in [0.29, 0.717) is 17.4 Å². The van der Waals surface area contributed by atoms with Gasteiger partial charge in [0.05, 0.1) is 5.56 Å². The molecule has 1 aromatic carbocycles. The molecule has 1 N–H and O–H groups in total. The summed E-state index contributed by atoms with van der Waals surface area (Å²) in [6, 6.07) is 5.45. The summed E-state index contributed by atoms with van der Waals surface area (Å²) in [5.74, 6) is 1.22. The van der Waals surface area contributed by atoms with E-state index in [0.717, 1.165) is 18.3 Å². The van der Waals surface area contributed by atoms with Crippen LogP contribution in [0.2, 0.25) is 0 Å². The largest absolute Gasteiger partial charge is 0.507 e. The van der Waals surface area contributed by atoms with Gasteiger partial charge in [0.2, 0.25) is 0 Å². The maximum atomic E-state index is 10.7. The Bertz CT molecular complexity index is 371. The van der Waals surface area contributed by atoms with Crippen LogP contribution >= 0.6 is 0 Å². The second kappa shape index (κ2) is 4.05. The highest BCUT2D eigenvalue weighted by Gasteiger charge is 2.27. The van der Waals surface area contributed by atoms with Crippen molar-refractivity contribution in [3.63, 3.8) is 0 Å². The molecular formula is C13H16O2. The fourth-order valence-electron chi connectivity index (χ4n) is 2.58. The second-order valence-electron chi connectivity index (χ2n) is 4.42. The maximum Gasteiger partial charge on any atom is 0.153 e. The van der Waals surface area contributed by atoms with Gasteiger partial charge in [0, 0.05) is 0 Å². The van der Waals surface area contributed by atoms with Gasteiger partial charge in [0.25, 0.3) is 0 Å². The number of benzene rings is 1. The zero-order valence-corrected chi connectivity index (χ0v) is 8.94. The van der Waals surface area contributed by atoms with Gasteiger partial charge < -0.3 is 5.11 Å². The Balaban J connectivity index is 2.39. The van der Waals surface area contributed by atoms with Crippen molar-refractivity contribution in [3.8, 4) is 5.75 Å². The van der Waals surface area contributed by atoms with Crippen LogP contribution in [-0.4, -0.2) is 11.4 Å². The first-order valence-corrected chi connectivity index (χ1v) is 5.51. The standard InChI is InChI=1S/C13H16O2/c1-9-4-2-6-11(9)12-7-3-5-10(8-14)13(12)15/h3,5,7-9,11,15H,2,4,6H2,1H3. The van der Waals surface area contributed by atoms with E-state index in [-0.39, 0.29) is 5.75 Å². The molecule has 1 aliphatic rings. The number of hydrogen-bond acceptors (Lipinski definition) is 2. The van der Waals surface area contributed by atoms with Gasteiger partial charge in [-0.05, 0) is 29.9 Å². The molecule has 0 aliphatic heterocycles. The van der Waals surface area contributed by atoms with Crippen molar-refractivity contribution < 1.29 is 9.90 Å². The van der Waals surface area contributed by atoms with E-state index >= 15 is 0 Å². The van der Waals surface area contributed by atoms with Crippen LogP contribution in [0.5, 0.6) is 5.75 Å². The van der Waals surface area contributed by atoms with Crippen molar-refractivity contribution in [2.24, 2.45) is 5.92 Å². The van der Waals surface area contributed by atoms with Gasteiger partial charge in [0.1, 0.15) is 5.75 Å². The third kappa shape index (κ3) is 1.76. The van der Waals surface area contributed by atoms with Crippen molar-refractivity contribution in [2.45, 2.75) is 32.1 Å². The molecule has 0 amide bonds. The summed E-state index contributed by atoms with van der Waals surface area (Å²) in [6.07, 6.45) is 4.28. The Morgan fingerprint density at radius 1 is 1.40 bits per heavy atom. The lowest BCUT2D eigenvalue weighted by Crippen LogP contribution is -2.03. The van der Waals surface area contributed by atoms with E-state index in [1.807, 2.05) is 12.1 Å². The zero-order valence-electron chi connectivity index (χ0n) is 8.94. The van der Waals surface area contributed by atoms with E-state index in [2.05, 4.69) is 6.92 Å². The Labute approximate surface area is 89.9 Å². The van der Waals surface area contributed by atoms with Crippen molar-refractivity contribution in [3.05, 3.63) is 29.3 Å². The number of aromatic hydroxyl groups is 1. The van der Waals surface area contributed by atoms with Crippen LogP contribution in [0.15, 0.2) is 18.2 Å². The van der Waals surface area contributed by atoms with Crippen molar-refractivity contribution in [2.75, 3.05) is 0 Å². The van der Waals surface area contributed by atoms with Crippen LogP contribution < -0.4 is 0 Å². The molecule has 1 fully saturated rings. The number of carbonyl (C=O) groups excluding carboxylic acids is 1. The minimum absolute atomic E-state index is 0.186. The number of phenolic OH excluding ortho intramolecular Hbond substituents is 1. The smallest absolute Gasteiger partial charge is 0.153 e. The predicted molar refractivity (Wildman–Crippen MR) is 59.3 cm³/mol. The summed E-state index contributed by atoms with van der Waals surface area (Å²) in [4.78, 5) is 10.7. The van der Waals surface area contributed by atoms with Gasteiger partial charge in [-0.3, -0.25) is 4.79 Å². The van der Waals surface area contributed by atoms with E-state index in [4.69, 9.17) is 0 Å². The molecule has 1 aromatic rings. The molecule has 2 atom stereocenters. The molecule has 0 saturated heterocycles. The molecule has 2 unspecified atom stereocenters. The molecule has 0 heterocycles. The topological polar surface area (TPSA) is 37.3 Å². The normalized spacial score (nSPS) is 25.4. The fourth-order valence-corrected chi connectivity index (χ4v) is 2.58. The van der Waals surface area contributed by atoms with Crippen LogP contribution in [0.3, 0.4) is 0 Å². The molecule has 15 heavy (non-hydrogen) atoms. The first-order valence-electron chi connectivity index (χ1n) is 5.51. The quantitative estimate of drug-likeness (QED) is 0.751. The van der Waals surface area contributed by atoms with Gasteiger partial charge in [0.15, 0.2) is 6.29 Å². The number of carbonyl (C=O) groups is 1. The minimum Gasteiger partial charge on any atom is -0.507 e. The Hall–Kier alpha value is -1.31. The first-order chi connectivity index (χ1) is 7.24. The van der Waals surface area contributed by atoms with Crippen LogP contribution in [0.1, 0.15) is 48.0 Å². The molecule has 80 valence electrons. The first kappa shape index (κ1) is 10.2. The average Bonchev–Trinajstić information content (AvgIpc) is 2.65. The number of aldehydes is 1. The summed E-state index contributed by atoms with van der Waals surface area (Å²) < 4.78 is 0. The summed E-state index contributed by atoms with van der Waals surface area (Å²) in [6.45, 7) is 2.21. The van der Waals surface area contributed by atoms with Gasteiger partial charge in [-0.15, -0.1) is 0 Å².